The molecule has 1 aromatic heterocycles. The van der Waals surface area contributed by atoms with Gasteiger partial charge in [0.25, 0.3) is 5.91 Å². The first-order valence-corrected chi connectivity index (χ1v) is 5.66. The third-order valence-electron chi connectivity index (χ3n) is 2.45. The topological polar surface area (TPSA) is 45.2 Å². The number of nitrogens with one attached hydrogen (secondary N) is 1. The molecule has 0 spiro atoms. The molecule has 0 aliphatic rings. The lowest BCUT2D eigenvalue weighted by atomic mass is 10.2. The summed E-state index contributed by atoms with van der Waals surface area (Å²) < 4.78 is 0. The van der Waals surface area contributed by atoms with E-state index in [2.05, 4.69) is 10.3 Å². The second-order valence-corrected chi connectivity index (χ2v) is 4.12. The van der Waals surface area contributed by atoms with Crippen LogP contribution in [0.1, 0.15) is 10.5 Å². The maximum absolute atomic E-state index is 11.8. The summed E-state index contributed by atoms with van der Waals surface area (Å²) in [4.78, 5) is 17.4. The maximum atomic E-state index is 11.8. The fourth-order valence-electron chi connectivity index (χ4n) is 1.54. The maximum Gasteiger partial charge on any atom is 0.272 e. The summed E-state index contributed by atoms with van der Waals surface area (Å²) in [5.74, 6) is -0.105. The van der Waals surface area contributed by atoms with Gasteiger partial charge < -0.3 is 10.2 Å². The molecule has 92 valence electrons. The average Bonchev–Trinajstić information content (AvgIpc) is 2.39. The van der Waals surface area contributed by atoms with Crippen LogP contribution in [0.15, 0.2) is 48.7 Å². The number of hydrogen-bond acceptors (Lipinski definition) is 3. The van der Waals surface area contributed by atoms with Gasteiger partial charge >= 0.3 is 0 Å². The van der Waals surface area contributed by atoms with E-state index in [-0.39, 0.29) is 5.91 Å². The first kappa shape index (κ1) is 12.1. The summed E-state index contributed by atoms with van der Waals surface area (Å²) in [6.45, 7) is 0. The highest BCUT2D eigenvalue weighted by atomic mass is 16.2. The van der Waals surface area contributed by atoms with Crippen molar-refractivity contribution in [2.45, 2.75) is 0 Å². The minimum Gasteiger partial charge on any atom is -0.355 e. The quantitative estimate of drug-likeness (QED) is 0.898. The van der Waals surface area contributed by atoms with Crippen molar-refractivity contribution in [2.75, 3.05) is 19.4 Å². The highest BCUT2D eigenvalue weighted by Gasteiger charge is 2.09. The molecule has 4 heteroatoms. The zero-order chi connectivity index (χ0) is 13.0. The number of benzene rings is 1. The van der Waals surface area contributed by atoms with E-state index in [9.17, 15) is 4.79 Å². The average molecular weight is 241 g/mol. The number of nitrogens with zero attached hydrogens (tertiary/aromatic N) is 2. The van der Waals surface area contributed by atoms with Crippen molar-refractivity contribution in [3.05, 3.63) is 54.4 Å². The van der Waals surface area contributed by atoms with Crippen molar-refractivity contribution >= 4 is 17.3 Å². The van der Waals surface area contributed by atoms with Gasteiger partial charge in [-0.25, -0.2) is 0 Å². The molecule has 0 unspecified atom stereocenters. The van der Waals surface area contributed by atoms with Gasteiger partial charge in [0.15, 0.2) is 0 Å². The molecule has 1 amide bonds. The van der Waals surface area contributed by atoms with Gasteiger partial charge in [-0.15, -0.1) is 0 Å². The molecule has 18 heavy (non-hydrogen) atoms. The van der Waals surface area contributed by atoms with Crippen molar-refractivity contribution in [1.82, 2.24) is 9.88 Å². The first-order chi connectivity index (χ1) is 8.66. The van der Waals surface area contributed by atoms with E-state index in [0.717, 1.165) is 11.4 Å². The van der Waals surface area contributed by atoms with E-state index in [4.69, 9.17) is 0 Å². The molecule has 1 N–H and O–H groups in total. The Morgan fingerprint density at radius 3 is 2.50 bits per heavy atom. The molecule has 1 aromatic carbocycles. The Labute approximate surface area is 106 Å². The summed E-state index contributed by atoms with van der Waals surface area (Å²) in [6, 6.07) is 13.4. The van der Waals surface area contributed by atoms with Gasteiger partial charge in [0, 0.05) is 31.7 Å². The second kappa shape index (κ2) is 5.31. The lowest BCUT2D eigenvalue weighted by Crippen LogP contribution is -2.22. The molecule has 1 heterocycles. The van der Waals surface area contributed by atoms with Crippen LogP contribution >= 0.6 is 0 Å². The molecule has 2 aromatic rings. The molecule has 2 rings (SSSR count). The predicted octanol–water partition coefficient (Wildman–Crippen LogP) is 2.53. The SMILES string of the molecule is CN(C)C(=O)c1cc(Nc2ccccc2)ccn1. The van der Waals surface area contributed by atoms with Crippen LogP contribution in [0, 0.1) is 0 Å². The molecular formula is C14H15N3O. The van der Waals surface area contributed by atoms with Gasteiger partial charge in [-0.1, -0.05) is 18.2 Å². The number of pyridine rings is 1. The largest absolute Gasteiger partial charge is 0.355 e. The molecule has 0 bridgehead atoms. The molecule has 0 saturated carbocycles. The highest BCUT2D eigenvalue weighted by Crippen LogP contribution is 2.16. The molecule has 0 radical (unpaired) electrons. The predicted molar refractivity (Wildman–Crippen MR) is 72.0 cm³/mol. The molecule has 4 nitrogen and oxygen atoms in total. The van der Waals surface area contributed by atoms with Crippen LogP contribution in [0.3, 0.4) is 0 Å². The van der Waals surface area contributed by atoms with Crippen molar-refractivity contribution < 1.29 is 4.79 Å². The van der Waals surface area contributed by atoms with Crippen molar-refractivity contribution in [3.63, 3.8) is 0 Å². The molecule has 0 aliphatic carbocycles. The fraction of sp³-hybridized carbons (Fsp3) is 0.143. The number of aromatic nitrogens is 1. The van der Waals surface area contributed by atoms with E-state index >= 15 is 0 Å². The minimum absolute atomic E-state index is 0.105. The van der Waals surface area contributed by atoms with Crippen molar-refractivity contribution in [2.24, 2.45) is 0 Å². The Morgan fingerprint density at radius 1 is 1.11 bits per heavy atom. The number of rotatable bonds is 3. The Bertz CT molecular complexity index is 538. The van der Waals surface area contributed by atoms with Crippen molar-refractivity contribution in [1.29, 1.82) is 0 Å². The molecule has 0 saturated heterocycles. The van der Waals surface area contributed by atoms with E-state index in [1.54, 1.807) is 26.4 Å². The minimum atomic E-state index is -0.105. The summed E-state index contributed by atoms with van der Waals surface area (Å²) in [6.07, 6.45) is 1.63. The lowest BCUT2D eigenvalue weighted by molar-refractivity contribution is 0.0822. The zero-order valence-electron chi connectivity index (χ0n) is 10.4. The lowest BCUT2D eigenvalue weighted by Gasteiger charge is -2.11. The Kier molecular flexibility index (Phi) is 3.57. The van der Waals surface area contributed by atoms with Crippen LogP contribution in [0.4, 0.5) is 11.4 Å². The van der Waals surface area contributed by atoms with Gasteiger partial charge in [0.2, 0.25) is 0 Å². The summed E-state index contributed by atoms with van der Waals surface area (Å²) in [5, 5.41) is 3.23. The van der Waals surface area contributed by atoms with Gasteiger partial charge in [-0.05, 0) is 24.3 Å². The fourth-order valence-corrected chi connectivity index (χ4v) is 1.54. The summed E-state index contributed by atoms with van der Waals surface area (Å²) >= 11 is 0. The van der Waals surface area contributed by atoms with Crippen LogP contribution < -0.4 is 5.32 Å². The first-order valence-electron chi connectivity index (χ1n) is 5.66. The summed E-state index contributed by atoms with van der Waals surface area (Å²) in [5.41, 5.74) is 2.26. The number of anilines is 2. The van der Waals surface area contributed by atoms with Gasteiger partial charge in [-0.3, -0.25) is 9.78 Å². The normalized spacial score (nSPS) is 9.89. The van der Waals surface area contributed by atoms with Gasteiger partial charge in [-0.2, -0.15) is 0 Å². The number of hydrogen-bond donors (Lipinski definition) is 1. The van der Waals surface area contributed by atoms with E-state index in [1.807, 2.05) is 36.4 Å². The third kappa shape index (κ3) is 2.85. The van der Waals surface area contributed by atoms with Gasteiger partial charge in [0.05, 0.1) is 0 Å². The van der Waals surface area contributed by atoms with Crippen LogP contribution in [0.5, 0.6) is 0 Å². The highest BCUT2D eigenvalue weighted by molar-refractivity contribution is 5.92. The number of para-hydroxylation sites is 1. The molecule has 0 aliphatic heterocycles. The zero-order valence-corrected chi connectivity index (χ0v) is 10.4. The van der Waals surface area contributed by atoms with E-state index < -0.39 is 0 Å². The van der Waals surface area contributed by atoms with E-state index in [0.29, 0.717) is 5.69 Å². The van der Waals surface area contributed by atoms with Crippen LogP contribution in [-0.4, -0.2) is 29.9 Å². The smallest absolute Gasteiger partial charge is 0.272 e. The Hall–Kier alpha value is -2.36. The Balaban J connectivity index is 2.20. The van der Waals surface area contributed by atoms with Crippen molar-refractivity contribution in [3.8, 4) is 0 Å². The summed E-state index contributed by atoms with van der Waals surface area (Å²) in [7, 11) is 3.42. The van der Waals surface area contributed by atoms with Crippen LogP contribution in [0.2, 0.25) is 0 Å². The number of carbonyl (C=O) groups is 1. The molecular weight excluding hydrogens is 226 g/mol. The molecule has 0 fully saturated rings. The van der Waals surface area contributed by atoms with Gasteiger partial charge in [0.1, 0.15) is 5.69 Å². The Morgan fingerprint density at radius 2 is 1.83 bits per heavy atom. The van der Waals surface area contributed by atoms with Crippen LogP contribution in [-0.2, 0) is 0 Å². The monoisotopic (exact) mass is 241 g/mol. The van der Waals surface area contributed by atoms with Crippen LogP contribution in [0.25, 0.3) is 0 Å². The number of amides is 1. The molecule has 0 atom stereocenters. The standard InChI is InChI=1S/C14H15N3O/c1-17(2)14(18)13-10-12(8-9-15-13)16-11-6-4-3-5-7-11/h3-10H,1-2H3,(H,15,16). The number of carbonyl (C=O) groups excluding carboxylic acids is 1. The van der Waals surface area contributed by atoms with E-state index in [1.165, 1.54) is 4.90 Å². The second-order valence-electron chi connectivity index (χ2n) is 4.12. The third-order valence-corrected chi connectivity index (χ3v) is 2.45.